The molecule has 0 bridgehead atoms. The van der Waals surface area contributed by atoms with Crippen molar-refractivity contribution in [2.24, 2.45) is 0 Å². The molecule has 8 nitrogen and oxygen atoms in total. The number of rotatable bonds is 5. The average Bonchev–Trinajstić information content (AvgIpc) is 2.96. The van der Waals surface area contributed by atoms with Crippen molar-refractivity contribution in [3.05, 3.63) is 50.6 Å². The van der Waals surface area contributed by atoms with Crippen LogP contribution in [-0.4, -0.2) is 31.5 Å². The van der Waals surface area contributed by atoms with Crippen LogP contribution in [0.5, 0.6) is 0 Å². The lowest BCUT2D eigenvalue weighted by molar-refractivity contribution is -0.383. The standard InChI is InChI=1S/C14H9Cl2N5O3S/c15-7-1-2-9(11(4-7)21(23)24)18-12(22)6-25-14-19-10-3-8(16)5-17-13(10)20-14/h1-5H,6H2,(H,18,22)(H,17,19,20). The second kappa shape index (κ2) is 7.26. The summed E-state index contributed by atoms with van der Waals surface area (Å²) in [6.07, 6.45) is 1.48. The molecule has 0 spiro atoms. The number of nitrogens with one attached hydrogen (secondary N) is 2. The molecule has 0 saturated heterocycles. The third-order valence-electron chi connectivity index (χ3n) is 3.05. The Balaban J connectivity index is 1.67. The van der Waals surface area contributed by atoms with E-state index < -0.39 is 10.8 Å². The van der Waals surface area contributed by atoms with Crippen molar-refractivity contribution in [1.82, 2.24) is 15.0 Å². The molecule has 3 aromatic rings. The molecular formula is C14H9Cl2N5O3S. The molecule has 25 heavy (non-hydrogen) atoms. The molecule has 1 aromatic carbocycles. The third-order valence-corrected chi connectivity index (χ3v) is 4.37. The Bertz CT molecular complexity index is 978. The van der Waals surface area contributed by atoms with E-state index in [9.17, 15) is 14.9 Å². The highest BCUT2D eigenvalue weighted by Crippen LogP contribution is 2.28. The van der Waals surface area contributed by atoms with Crippen LogP contribution >= 0.6 is 35.0 Å². The van der Waals surface area contributed by atoms with E-state index in [1.54, 1.807) is 6.07 Å². The van der Waals surface area contributed by atoms with Crippen LogP contribution < -0.4 is 5.32 Å². The molecule has 0 aliphatic carbocycles. The molecule has 3 rings (SSSR count). The molecule has 11 heteroatoms. The minimum absolute atomic E-state index is 0.00728. The number of carbonyl (C=O) groups excluding carboxylic acids is 1. The number of hydrogen-bond acceptors (Lipinski definition) is 6. The maximum atomic E-state index is 12.0. The van der Waals surface area contributed by atoms with Gasteiger partial charge in [-0.15, -0.1) is 0 Å². The second-order valence-corrected chi connectivity index (χ2v) is 6.66. The summed E-state index contributed by atoms with van der Waals surface area (Å²) in [6, 6.07) is 5.71. The van der Waals surface area contributed by atoms with Gasteiger partial charge in [0, 0.05) is 17.3 Å². The molecule has 0 aliphatic heterocycles. The van der Waals surface area contributed by atoms with E-state index in [0.29, 0.717) is 21.3 Å². The number of halogens is 2. The van der Waals surface area contributed by atoms with Crippen LogP contribution in [0.1, 0.15) is 0 Å². The van der Waals surface area contributed by atoms with Crippen LogP contribution in [0.2, 0.25) is 10.0 Å². The van der Waals surface area contributed by atoms with Crippen LogP contribution in [-0.2, 0) is 4.79 Å². The lowest BCUT2D eigenvalue weighted by Gasteiger charge is -2.05. The summed E-state index contributed by atoms with van der Waals surface area (Å²) in [6.45, 7) is 0. The molecule has 2 N–H and O–H groups in total. The van der Waals surface area contributed by atoms with Crippen molar-refractivity contribution in [3.63, 3.8) is 0 Å². The van der Waals surface area contributed by atoms with E-state index in [0.717, 1.165) is 11.8 Å². The number of nitrogens with zero attached hydrogens (tertiary/aromatic N) is 3. The SMILES string of the molecule is O=C(CSc1nc2ncc(Cl)cc2[nH]1)Nc1ccc(Cl)cc1[N+](=O)[O-]. The van der Waals surface area contributed by atoms with Gasteiger partial charge in [-0.05, 0) is 18.2 Å². The Labute approximate surface area is 155 Å². The highest BCUT2D eigenvalue weighted by molar-refractivity contribution is 7.99. The highest BCUT2D eigenvalue weighted by Gasteiger charge is 2.17. The number of benzene rings is 1. The van der Waals surface area contributed by atoms with Gasteiger partial charge in [-0.2, -0.15) is 0 Å². The number of fused-ring (bicyclic) bond motifs is 1. The van der Waals surface area contributed by atoms with Crippen molar-refractivity contribution in [2.75, 3.05) is 11.1 Å². The first-order valence-electron chi connectivity index (χ1n) is 6.80. The largest absolute Gasteiger partial charge is 0.331 e. The van der Waals surface area contributed by atoms with Gasteiger partial charge in [0.2, 0.25) is 5.91 Å². The maximum absolute atomic E-state index is 12.0. The summed E-state index contributed by atoms with van der Waals surface area (Å²) >= 11 is 12.7. The molecule has 2 heterocycles. The van der Waals surface area contributed by atoms with Gasteiger partial charge in [0.15, 0.2) is 10.8 Å². The Morgan fingerprint density at radius 2 is 2.12 bits per heavy atom. The molecule has 0 fully saturated rings. The van der Waals surface area contributed by atoms with Crippen molar-refractivity contribution in [3.8, 4) is 0 Å². The van der Waals surface area contributed by atoms with Gasteiger partial charge < -0.3 is 10.3 Å². The molecule has 128 valence electrons. The monoisotopic (exact) mass is 397 g/mol. The smallest absolute Gasteiger partial charge is 0.294 e. The average molecular weight is 398 g/mol. The maximum Gasteiger partial charge on any atom is 0.294 e. The summed E-state index contributed by atoms with van der Waals surface area (Å²) in [5.41, 5.74) is 0.955. The van der Waals surface area contributed by atoms with Crippen LogP contribution in [0.4, 0.5) is 11.4 Å². The van der Waals surface area contributed by atoms with Gasteiger partial charge in [-0.1, -0.05) is 35.0 Å². The van der Waals surface area contributed by atoms with E-state index in [1.807, 2.05) is 0 Å². The number of aromatic nitrogens is 3. The number of nitro groups is 1. The number of amides is 1. The van der Waals surface area contributed by atoms with Gasteiger partial charge in [0.1, 0.15) is 5.69 Å². The van der Waals surface area contributed by atoms with Crippen molar-refractivity contribution >= 4 is 63.4 Å². The van der Waals surface area contributed by atoms with E-state index in [4.69, 9.17) is 23.2 Å². The molecule has 0 atom stereocenters. The molecule has 0 aliphatic rings. The van der Waals surface area contributed by atoms with Crippen LogP contribution in [0.25, 0.3) is 11.2 Å². The summed E-state index contributed by atoms with van der Waals surface area (Å²) in [4.78, 5) is 33.7. The van der Waals surface area contributed by atoms with E-state index in [2.05, 4.69) is 20.3 Å². The lowest BCUT2D eigenvalue weighted by Crippen LogP contribution is -2.15. The summed E-state index contributed by atoms with van der Waals surface area (Å²) in [5.74, 6) is -0.408. The van der Waals surface area contributed by atoms with Gasteiger partial charge in [-0.3, -0.25) is 14.9 Å². The normalized spacial score (nSPS) is 10.8. The number of carbonyl (C=O) groups is 1. The molecule has 0 unspecified atom stereocenters. The quantitative estimate of drug-likeness (QED) is 0.383. The van der Waals surface area contributed by atoms with Gasteiger partial charge in [0.05, 0.1) is 21.2 Å². The Morgan fingerprint density at radius 3 is 2.88 bits per heavy atom. The van der Waals surface area contributed by atoms with E-state index >= 15 is 0 Å². The Kier molecular flexibility index (Phi) is 5.07. The number of pyridine rings is 1. The zero-order valence-electron chi connectivity index (χ0n) is 12.3. The zero-order valence-corrected chi connectivity index (χ0v) is 14.7. The number of aromatic amines is 1. The van der Waals surface area contributed by atoms with E-state index in [1.165, 1.54) is 24.4 Å². The fraction of sp³-hybridized carbons (Fsp3) is 0.0714. The minimum Gasteiger partial charge on any atom is -0.331 e. The van der Waals surface area contributed by atoms with Gasteiger partial charge in [-0.25, -0.2) is 9.97 Å². The lowest BCUT2D eigenvalue weighted by atomic mass is 10.2. The number of imidazole rings is 1. The molecule has 2 aromatic heterocycles. The molecule has 0 saturated carbocycles. The van der Waals surface area contributed by atoms with Gasteiger partial charge >= 0.3 is 0 Å². The summed E-state index contributed by atoms with van der Waals surface area (Å²) < 4.78 is 0. The van der Waals surface area contributed by atoms with Crippen LogP contribution in [0.15, 0.2) is 35.6 Å². The predicted octanol–water partition coefficient (Wildman–Crippen LogP) is 3.90. The third kappa shape index (κ3) is 4.19. The Morgan fingerprint density at radius 1 is 1.32 bits per heavy atom. The number of hydrogen-bond donors (Lipinski definition) is 2. The molecular weight excluding hydrogens is 389 g/mol. The topological polar surface area (TPSA) is 114 Å². The number of thioether (sulfide) groups is 1. The van der Waals surface area contributed by atoms with Crippen molar-refractivity contribution in [2.45, 2.75) is 5.16 Å². The first-order valence-corrected chi connectivity index (χ1v) is 8.54. The van der Waals surface area contributed by atoms with Crippen LogP contribution in [0.3, 0.4) is 0 Å². The highest BCUT2D eigenvalue weighted by atomic mass is 35.5. The summed E-state index contributed by atoms with van der Waals surface area (Å²) in [7, 11) is 0. The molecule has 0 radical (unpaired) electrons. The van der Waals surface area contributed by atoms with E-state index in [-0.39, 0.29) is 22.2 Å². The molecule has 1 amide bonds. The fourth-order valence-electron chi connectivity index (χ4n) is 2.00. The first kappa shape index (κ1) is 17.5. The van der Waals surface area contributed by atoms with Crippen LogP contribution in [0, 0.1) is 10.1 Å². The second-order valence-electron chi connectivity index (χ2n) is 4.82. The summed E-state index contributed by atoms with van der Waals surface area (Å²) in [5, 5.41) is 14.7. The van der Waals surface area contributed by atoms with Crippen molar-refractivity contribution in [1.29, 1.82) is 0 Å². The van der Waals surface area contributed by atoms with Crippen molar-refractivity contribution < 1.29 is 9.72 Å². The number of nitro benzene ring substituents is 1. The Hall–Kier alpha value is -2.36. The minimum atomic E-state index is -0.608. The zero-order chi connectivity index (χ0) is 18.0. The first-order chi connectivity index (χ1) is 11.9. The predicted molar refractivity (Wildman–Crippen MR) is 96.4 cm³/mol. The fourth-order valence-corrected chi connectivity index (χ4v) is 3.00. The number of anilines is 1. The number of H-pyrrole nitrogens is 1. The van der Waals surface area contributed by atoms with Gasteiger partial charge in [0.25, 0.3) is 5.69 Å².